The fourth-order valence-corrected chi connectivity index (χ4v) is 3.86. The Balaban J connectivity index is 2.45. The Morgan fingerprint density at radius 2 is 2.20 bits per heavy atom. The van der Waals surface area contributed by atoms with Crippen LogP contribution in [0.15, 0.2) is 0 Å². The van der Waals surface area contributed by atoms with E-state index in [9.17, 15) is 0 Å². The minimum atomic E-state index is 0.300. The van der Waals surface area contributed by atoms with E-state index < -0.39 is 0 Å². The van der Waals surface area contributed by atoms with E-state index in [1.54, 1.807) is 0 Å². The molecule has 0 radical (unpaired) electrons. The summed E-state index contributed by atoms with van der Waals surface area (Å²) in [6, 6.07) is 0.658. The first-order valence-electron chi connectivity index (χ1n) is 6.17. The monoisotopic (exact) mass is 231 g/mol. The number of thioether (sulfide) groups is 1. The first kappa shape index (κ1) is 13.3. The highest BCUT2D eigenvalue weighted by Gasteiger charge is 2.29. The van der Waals surface area contributed by atoms with Crippen LogP contribution in [0.4, 0.5) is 0 Å². The molecule has 0 aromatic rings. The standard InChI is InChI=1S/C12H25NOS/c1-4-13-11-6-5-9(2)7-12(11)15-10(3)8-14/h9-14H,4-8H2,1-3H3. The van der Waals surface area contributed by atoms with Crippen LogP contribution in [0.2, 0.25) is 0 Å². The minimum absolute atomic E-state index is 0.300. The van der Waals surface area contributed by atoms with E-state index in [-0.39, 0.29) is 0 Å². The quantitative estimate of drug-likeness (QED) is 0.761. The van der Waals surface area contributed by atoms with Gasteiger partial charge in [-0.3, -0.25) is 0 Å². The van der Waals surface area contributed by atoms with Crippen molar-refractivity contribution in [3.8, 4) is 0 Å². The Kier molecular flexibility index (Phi) is 6.02. The van der Waals surface area contributed by atoms with Crippen molar-refractivity contribution < 1.29 is 5.11 Å². The zero-order valence-electron chi connectivity index (χ0n) is 10.2. The lowest BCUT2D eigenvalue weighted by atomic mass is 9.87. The summed E-state index contributed by atoms with van der Waals surface area (Å²) in [6.07, 6.45) is 3.94. The van der Waals surface area contributed by atoms with E-state index in [1.165, 1.54) is 19.3 Å². The maximum atomic E-state index is 9.11. The summed E-state index contributed by atoms with van der Waals surface area (Å²) in [7, 11) is 0. The highest BCUT2D eigenvalue weighted by Crippen LogP contribution is 2.34. The second-order valence-corrected chi connectivity index (χ2v) is 6.43. The summed E-state index contributed by atoms with van der Waals surface area (Å²) >= 11 is 1.96. The van der Waals surface area contributed by atoms with Gasteiger partial charge < -0.3 is 10.4 Å². The molecule has 15 heavy (non-hydrogen) atoms. The fraction of sp³-hybridized carbons (Fsp3) is 1.00. The third-order valence-corrected chi connectivity index (χ3v) is 4.67. The van der Waals surface area contributed by atoms with Crippen LogP contribution >= 0.6 is 11.8 Å². The van der Waals surface area contributed by atoms with Gasteiger partial charge in [0.25, 0.3) is 0 Å². The lowest BCUT2D eigenvalue weighted by Gasteiger charge is -2.36. The molecule has 0 spiro atoms. The smallest absolute Gasteiger partial charge is 0.0547 e. The molecule has 2 nitrogen and oxygen atoms in total. The Morgan fingerprint density at radius 3 is 2.80 bits per heavy atom. The minimum Gasteiger partial charge on any atom is -0.395 e. The van der Waals surface area contributed by atoms with Crippen molar-refractivity contribution >= 4 is 11.8 Å². The lowest BCUT2D eigenvalue weighted by molar-refractivity contribution is 0.295. The molecule has 90 valence electrons. The number of hydrogen-bond acceptors (Lipinski definition) is 3. The van der Waals surface area contributed by atoms with Crippen molar-refractivity contribution in [2.24, 2.45) is 5.92 Å². The molecule has 0 bridgehead atoms. The first-order chi connectivity index (χ1) is 7.17. The van der Waals surface area contributed by atoms with Gasteiger partial charge in [-0.1, -0.05) is 20.8 Å². The van der Waals surface area contributed by atoms with Gasteiger partial charge in [-0.15, -0.1) is 0 Å². The first-order valence-corrected chi connectivity index (χ1v) is 7.11. The van der Waals surface area contributed by atoms with Gasteiger partial charge in [0.2, 0.25) is 0 Å². The van der Waals surface area contributed by atoms with Crippen molar-refractivity contribution in [2.45, 2.75) is 56.6 Å². The maximum absolute atomic E-state index is 9.11. The number of aliphatic hydroxyl groups excluding tert-OH is 1. The van der Waals surface area contributed by atoms with Gasteiger partial charge in [0, 0.05) is 16.5 Å². The predicted molar refractivity (Wildman–Crippen MR) is 68.4 cm³/mol. The zero-order chi connectivity index (χ0) is 11.3. The fourth-order valence-electron chi connectivity index (χ4n) is 2.32. The second-order valence-electron chi connectivity index (χ2n) is 4.75. The van der Waals surface area contributed by atoms with Crippen LogP contribution in [0.25, 0.3) is 0 Å². The molecule has 2 N–H and O–H groups in total. The predicted octanol–water partition coefficient (Wildman–Crippen LogP) is 2.27. The zero-order valence-corrected chi connectivity index (χ0v) is 11.0. The molecule has 3 heteroatoms. The Morgan fingerprint density at radius 1 is 1.47 bits per heavy atom. The molecule has 0 aromatic heterocycles. The maximum Gasteiger partial charge on any atom is 0.0547 e. The second kappa shape index (κ2) is 6.77. The lowest BCUT2D eigenvalue weighted by Crippen LogP contribution is -2.43. The van der Waals surface area contributed by atoms with Crippen molar-refractivity contribution in [2.75, 3.05) is 13.2 Å². The number of aliphatic hydroxyl groups is 1. The molecule has 4 unspecified atom stereocenters. The summed E-state index contributed by atoms with van der Waals surface area (Å²) < 4.78 is 0. The van der Waals surface area contributed by atoms with E-state index in [2.05, 4.69) is 26.1 Å². The van der Waals surface area contributed by atoms with Gasteiger partial charge >= 0.3 is 0 Å². The van der Waals surface area contributed by atoms with Crippen molar-refractivity contribution in [3.63, 3.8) is 0 Å². The SMILES string of the molecule is CCNC1CCC(C)CC1SC(C)CO. The van der Waals surface area contributed by atoms with Gasteiger partial charge in [0.05, 0.1) is 6.61 Å². The van der Waals surface area contributed by atoms with Gasteiger partial charge in [0.15, 0.2) is 0 Å². The van der Waals surface area contributed by atoms with Crippen LogP contribution in [0.5, 0.6) is 0 Å². The molecular weight excluding hydrogens is 206 g/mol. The van der Waals surface area contributed by atoms with Gasteiger partial charge in [-0.2, -0.15) is 11.8 Å². The summed E-state index contributed by atoms with van der Waals surface area (Å²) in [4.78, 5) is 0. The molecule has 1 fully saturated rings. The Hall–Kier alpha value is 0.270. The van der Waals surface area contributed by atoms with Gasteiger partial charge in [0.1, 0.15) is 0 Å². The van der Waals surface area contributed by atoms with Crippen LogP contribution in [-0.2, 0) is 0 Å². The Bertz CT molecular complexity index is 177. The molecule has 1 saturated carbocycles. The molecule has 1 aliphatic carbocycles. The average Bonchev–Trinajstić information content (AvgIpc) is 2.22. The van der Waals surface area contributed by atoms with Crippen LogP contribution in [-0.4, -0.2) is 34.8 Å². The average molecular weight is 231 g/mol. The van der Waals surface area contributed by atoms with E-state index in [1.807, 2.05) is 11.8 Å². The molecule has 0 heterocycles. The number of hydrogen-bond donors (Lipinski definition) is 2. The molecule has 0 aromatic carbocycles. The molecule has 0 aliphatic heterocycles. The Labute approximate surface area is 98.2 Å². The van der Waals surface area contributed by atoms with Crippen LogP contribution < -0.4 is 5.32 Å². The number of rotatable bonds is 5. The van der Waals surface area contributed by atoms with Crippen molar-refractivity contribution in [3.05, 3.63) is 0 Å². The molecular formula is C12H25NOS. The van der Waals surface area contributed by atoms with Crippen molar-refractivity contribution in [1.29, 1.82) is 0 Å². The molecule has 4 atom stereocenters. The largest absolute Gasteiger partial charge is 0.395 e. The third-order valence-electron chi connectivity index (χ3n) is 3.18. The highest BCUT2D eigenvalue weighted by atomic mass is 32.2. The highest BCUT2D eigenvalue weighted by molar-refractivity contribution is 8.00. The summed E-state index contributed by atoms with van der Waals surface area (Å²) in [5, 5.41) is 13.8. The van der Waals surface area contributed by atoms with Gasteiger partial charge in [-0.25, -0.2) is 0 Å². The molecule has 1 rings (SSSR count). The summed E-state index contributed by atoms with van der Waals surface area (Å²) in [5.41, 5.74) is 0. The van der Waals surface area contributed by atoms with Crippen molar-refractivity contribution in [1.82, 2.24) is 5.32 Å². The van der Waals surface area contributed by atoms with Gasteiger partial charge in [-0.05, 0) is 31.7 Å². The van der Waals surface area contributed by atoms with E-state index in [0.29, 0.717) is 23.1 Å². The molecule has 1 aliphatic rings. The summed E-state index contributed by atoms with van der Waals surface area (Å²) in [5.74, 6) is 0.850. The topological polar surface area (TPSA) is 32.3 Å². The van der Waals surface area contributed by atoms with E-state index in [4.69, 9.17) is 5.11 Å². The van der Waals surface area contributed by atoms with Crippen LogP contribution in [0.3, 0.4) is 0 Å². The molecule has 0 saturated heterocycles. The van der Waals surface area contributed by atoms with Crippen LogP contribution in [0.1, 0.15) is 40.0 Å². The van der Waals surface area contributed by atoms with E-state index >= 15 is 0 Å². The van der Waals surface area contributed by atoms with Crippen LogP contribution in [0, 0.1) is 5.92 Å². The molecule has 0 amide bonds. The number of nitrogens with one attached hydrogen (secondary N) is 1. The normalized spacial score (nSPS) is 34.0. The summed E-state index contributed by atoms with van der Waals surface area (Å²) in [6.45, 7) is 8.00. The van der Waals surface area contributed by atoms with E-state index in [0.717, 1.165) is 12.5 Å². The third kappa shape index (κ3) is 4.33.